The summed E-state index contributed by atoms with van der Waals surface area (Å²) in [5.41, 5.74) is 0.275. The summed E-state index contributed by atoms with van der Waals surface area (Å²) in [7, 11) is 0. The van der Waals surface area contributed by atoms with Crippen molar-refractivity contribution in [2.24, 2.45) is 11.3 Å². The van der Waals surface area contributed by atoms with Gasteiger partial charge in [0.15, 0.2) is 0 Å². The van der Waals surface area contributed by atoms with Crippen molar-refractivity contribution in [3.8, 4) is 0 Å². The zero-order chi connectivity index (χ0) is 13.8. The van der Waals surface area contributed by atoms with Crippen molar-refractivity contribution in [3.63, 3.8) is 0 Å². The van der Waals surface area contributed by atoms with E-state index in [9.17, 15) is 5.11 Å². The quantitative estimate of drug-likeness (QED) is 0.764. The Morgan fingerprint density at radius 2 is 2.11 bits per heavy atom. The average Bonchev–Trinajstić information content (AvgIpc) is 2.30. The maximum Gasteiger partial charge on any atom is 0.0590 e. The first-order valence-electron chi connectivity index (χ1n) is 7.50. The maximum atomic E-state index is 9.78. The van der Waals surface area contributed by atoms with Crippen molar-refractivity contribution in [2.45, 2.75) is 59.6 Å². The Bertz CT molecular complexity index is 243. The van der Waals surface area contributed by atoms with E-state index < -0.39 is 0 Å². The van der Waals surface area contributed by atoms with Crippen LogP contribution in [-0.4, -0.2) is 48.3 Å². The molecule has 108 valence electrons. The standard InChI is InChI=1S/C15H32N2O/c1-6-8-16-13(3)15(4,5)11-17-9-7-14(18)12(2)10-17/h12-14,16,18H,6-11H2,1-5H3. The molecular weight excluding hydrogens is 224 g/mol. The molecule has 0 radical (unpaired) electrons. The summed E-state index contributed by atoms with van der Waals surface area (Å²) in [5.74, 6) is 0.411. The van der Waals surface area contributed by atoms with Crippen molar-refractivity contribution in [1.82, 2.24) is 10.2 Å². The van der Waals surface area contributed by atoms with Crippen LogP contribution >= 0.6 is 0 Å². The second-order valence-corrected chi connectivity index (χ2v) is 6.73. The minimum atomic E-state index is -0.0972. The smallest absolute Gasteiger partial charge is 0.0590 e. The lowest BCUT2D eigenvalue weighted by molar-refractivity contribution is 0.0164. The van der Waals surface area contributed by atoms with Gasteiger partial charge in [0.1, 0.15) is 0 Å². The number of hydrogen-bond donors (Lipinski definition) is 2. The zero-order valence-corrected chi connectivity index (χ0v) is 12.9. The van der Waals surface area contributed by atoms with Gasteiger partial charge in [0.2, 0.25) is 0 Å². The Morgan fingerprint density at radius 3 is 2.67 bits per heavy atom. The van der Waals surface area contributed by atoms with E-state index in [-0.39, 0.29) is 11.5 Å². The molecule has 1 aliphatic heterocycles. The Kier molecular flexibility index (Phi) is 6.09. The van der Waals surface area contributed by atoms with E-state index in [4.69, 9.17) is 0 Å². The molecule has 0 aromatic heterocycles. The number of piperidine rings is 1. The second-order valence-electron chi connectivity index (χ2n) is 6.73. The van der Waals surface area contributed by atoms with Gasteiger partial charge in [0.25, 0.3) is 0 Å². The van der Waals surface area contributed by atoms with Crippen LogP contribution in [0.25, 0.3) is 0 Å². The summed E-state index contributed by atoms with van der Waals surface area (Å²) in [5, 5.41) is 13.4. The summed E-state index contributed by atoms with van der Waals surface area (Å²) >= 11 is 0. The highest BCUT2D eigenvalue weighted by atomic mass is 16.3. The number of hydrogen-bond acceptors (Lipinski definition) is 3. The summed E-state index contributed by atoms with van der Waals surface area (Å²) in [6, 6.07) is 0.527. The van der Waals surface area contributed by atoms with Crippen molar-refractivity contribution in [3.05, 3.63) is 0 Å². The molecule has 18 heavy (non-hydrogen) atoms. The topological polar surface area (TPSA) is 35.5 Å². The van der Waals surface area contributed by atoms with Crippen LogP contribution in [0, 0.1) is 11.3 Å². The lowest BCUT2D eigenvalue weighted by Gasteiger charge is -2.41. The first-order chi connectivity index (χ1) is 8.36. The molecule has 0 aromatic carbocycles. The molecule has 0 aliphatic carbocycles. The van der Waals surface area contributed by atoms with E-state index in [0.717, 1.165) is 32.6 Å². The van der Waals surface area contributed by atoms with Gasteiger partial charge in [-0.3, -0.25) is 0 Å². The van der Waals surface area contributed by atoms with Gasteiger partial charge >= 0.3 is 0 Å². The highest BCUT2D eigenvalue weighted by molar-refractivity contribution is 4.86. The van der Waals surface area contributed by atoms with Gasteiger partial charge in [-0.15, -0.1) is 0 Å². The van der Waals surface area contributed by atoms with Crippen LogP contribution in [0.5, 0.6) is 0 Å². The van der Waals surface area contributed by atoms with Crippen molar-refractivity contribution in [1.29, 1.82) is 0 Å². The summed E-state index contributed by atoms with van der Waals surface area (Å²) < 4.78 is 0. The van der Waals surface area contributed by atoms with Crippen molar-refractivity contribution in [2.75, 3.05) is 26.2 Å². The van der Waals surface area contributed by atoms with Crippen LogP contribution in [0.1, 0.15) is 47.5 Å². The van der Waals surface area contributed by atoms with E-state index in [0.29, 0.717) is 12.0 Å². The van der Waals surface area contributed by atoms with Gasteiger partial charge < -0.3 is 15.3 Å². The fraction of sp³-hybridized carbons (Fsp3) is 1.00. The van der Waals surface area contributed by atoms with Crippen LogP contribution in [-0.2, 0) is 0 Å². The molecule has 3 nitrogen and oxygen atoms in total. The van der Waals surface area contributed by atoms with Crippen LogP contribution in [0.2, 0.25) is 0 Å². The molecule has 1 rings (SSSR count). The third-order valence-electron chi connectivity index (χ3n) is 4.45. The Balaban J connectivity index is 2.44. The number of nitrogens with zero attached hydrogens (tertiary/aromatic N) is 1. The lowest BCUT2D eigenvalue weighted by Crippen LogP contribution is -2.50. The van der Waals surface area contributed by atoms with Gasteiger partial charge in [-0.1, -0.05) is 27.7 Å². The minimum Gasteiger partial charge on any atom is -0.393 e. The van der Waals surface area contributed by atoms with Gasteiger partial charge in [0, 0.05) is 25.7 Å². The van der Waals surface area contributed by atoms with E-state index >= 15 is 0 Å². The first-order valence-corrected chi connectivity index (χ1v) is 7.50. The molecule has 1 aliphatic rings. The second kappa shape index (κ2) is 6.88. The van der Waals surface area contributed by atoms with Crippen LogP contribution in [0.4, 0.5) is 0 Å². The normalized spacial score (nSPS) is 28.3. The lowest BCUT2D eigenvalue weighted by atomic mass is 9.83. The molecule has 0 spiro atoms. The van der Waals surface area contributed by atoms with Crippen LogP contribution in [0.3, 0.4) is 0 Å². The first kappa shape index (κ1) is 15.9. The van der Waals surface area contributed by atoms with Gasteiger partial charge in [-0.2, -0.15) is 0 Å². The van der Waals surface area contributed by atoms with E-state index in [1.807, 2.05) is 0 Å². The summed E-state index contributed by atoms with van der Waals surface area (Å²) in [4.78, 5) is 2.52. The maximum absolute atomic E-state index is 9.78. The monoisotopic (exact) mass is 256 g/mol. The fourth-order valence-electron chi connectivity index (χ4n) is 2.71. The summed E-state index contributed by atoms with van der Waals surface area (Å²) in [6.45, 7) is 15.6. The third-order valence-corrected chi connectivity index (χ3v) is 4.45. The predicted octanol–water partition coefficient (Wildman–Crippen LogP) is 2.10. The van der Waals surface area contributed by atoms with Gasteiger partial charge in [-0.05, 0) is 37.6 Å². The third kappa shape index (κ3) is 4.52. The fourth-order valence-corrected chi connectivity index (χ4v) is 2.71. The van der Waals surface area contributed by atoms with E-state index in [1.54, 1.807) is 0 Å². The van der Waals surface area contributed by atoms with Crippen molar-refractivity contribution < 1.29 is 5.11 Å². The molecule has 0 bridgehead atoms. The number of rotatable bonds is 6. The highest BCUT2D eigenvalue weighted by Gasteiger charge is 2.31. The molecular formula is C15H32N2O. The zero-order valence-electron chi connectivity index (χ0n) is 12.9. The molecule has 3 atom stereocenters. The Labute approximate surface area is 113 Å². The molecule has 2 N–H and O–H groups in total. The molecule has 1 fully saturated rings. The minimum absolute atomic E-state index is 0.0972. The molecule has 0 amide bonds. The molecule has 3 unspecified atom stereocenters. The van der Waals surface area contributed by atoms with Crippen LogP contribution < -0.4 is 5.32 Å². The molecule has 1 heterocycles. The molecule has 3 heteroatoms. The van der Waals surface area contributed by atoms with Crippen LogP contribution in [0.15, 0.2) is 0 Å². The number of aliphatic hydroxyl groups excluding tert-OH is 1. The number of nitrogens with one attached hydrogen (secondary N) is 1. The Hall–Kier alpha value is -0.120. The summed E-state index contributed by atoms with van der Waals surface area (Å²) in [6.07, 6.45) is 2.02. The molecule has 0 saturated carbocycles. The largest absolute Gasteiger partial charge is 0.393 e. The molecule has 0 aromatic rings. The SMILES string of the molecule is CCCNC(C)C(C)(C)CN1CCC(O)C(C)C1. The average molecular weight is 256 g/mol. The Morgan fingerprint density at radius 1 is 1.44 bits per heavy atom. The van der Waals surface area contributed by atoms with Gasteiger partial charge in [-0.25, -0.2) is 0 Å². The number of likely N-dealkylation sites (tertiary alicyclic amines) is 1. The van der Waals surface area contributed by atoms with Gasteiger partial charge in [0.05, 0.1) is 6.10 Å². The molecule has 1 saturated heterocycles. The number of aliphatic hydroxyl groups is 1. The highest BCUT2D eigenvalue weighted by Crippen LogP contribution is 2.25. The van der Waals surface area contributed by atoms with E-state index in [1.165, 1.54) is 6.42 Å². The van der Waals surface area contributed by atoms with E-state index in [2.05, 4.69) is 44.8 Å². The van der Waals surface area contributed by atoms with Crippen molar-refractivity contribution >= 4 is 0 Å². The predicted molar refractivity (Wildman–Crippen MR) is 77.8 cm³/mol.